The fourth-order valence-electron chi connectivity index (χ4n) is 3.38. The van der Waals surface area contributed by atoms with Crippen molar-refractivity contribution in [2.24, 2.45) is 5.10 Å². The molecule has 0 atom stereocenters. The summed E-state index contributed by atoms with van der Waals surface area (Å²) in [6.07, 6.45) is 1.53. The number of nitrogens with zero attached hydrogens (tertiary/aromatic N) is 1. The van der Waals surface area contributed by atoms with Crippen LogP contribution in [0.4, 0.5) is 0 Å². The number of furan rings is 1. The number of hydrogen-bond donors (Lipinski definition) is 1. The van der Waals surface area contributed by atoms with Gasteiger partial charge in [0, 0.05) is 19.9 Å². The van der Waals surface area contributed by atoms with Crippen LogP contribution in [0.3, 0.4) is 0 Å². The Morgan fingerprint density at radius 3 is 2.44 bits per heavy atom. The highest BCUT2D eigenvalue weighted by atomic mass is 79.9. The minimum atomic E-state index is -0.462. The van der Waals surface area contributed by atoms with Crippen molar-refractivity contribution in [2.45, 2.75) is 20.5 Å². The molecule has 4 aromatic rings. The van der Waals surface area contributed by atoms with E-state index in [1.165, 1.54) is 6.21 Å². The average Bonchev–Trinajstić information content (AvgIpc) is 3.30. The number of hydrogen-bond acceptors (Lipinski definition) is 6. The van der Waals surface area contributed by atoms with Crippen molar-refractivity contribution < 1.29 is 23.4 Å². The van der Waals surface area contributed by atoms with Gasteiger partial charge in [-0.3, -0.25) is 4.79 Å². The third kappa shape index (κ3) is 6.47. The van der Waals surface area contributed by atoms with E-state index in [9.17, 15) is 4.79 Å². The van der Waals surface area contributed by atoms with E-state index in [1.54, 1.807) is 24.3 Å². The molecule has 0 saturated carbocycles. The number of carbonyl (C=O) groups is 1. The summed E-state index contributed by atoms with van der Waals surface area (Å²) in [4.78, 5) is 12.6. The number of halogens is 2. The summed E-state index contributed by atoms with van der Waals surface area (Å²) < 4.78 is 24.6. The Labute approximate surface area is 225 Å². The lowest BCUT2D eigenvalue weighted by molar-refractivity contribution is 0.0929. The molecule has 1 aromatic heterocycles. The van der Waals surface area contributed by atoms with Gasteiger partial charge in [0.25, 0.3) is 0 Å². The van der Waals surface area contributed by atoms with Gasteiger partial charge in [-0.1, -0.05) is 28.1 Å². The van der Waals surface area contributed by atoms with Gasteiger partial charge < -0.3 is 18.6 Å². The second kappa shape index (κ2) is 12.1. The van der Waals surface area contributed by atoms with Gasteiger partial charge in [0.1, 0.15) is 17.9 Å². The summed E-state index contributed by atoms with van der Waals surface area (Å²) in [5.41, 5.74) is 4.84. The first kappa shape index (κ1) is 25.8. The predicted octanol–water partition coefficient (Wildman–Crippen LogP) is 7.10. The number of fused-ring (bicyclic) bond motifs is 1. The zero-order valence-corrected chi connectivity index (χ0v) is 22.9. The van der Waals surface area contributed by atoms with Crippen molar-refractivity contribution in [2.75, 3.05) is 13.2 Å². The van der Waals surface area contributed by atoms with Crippen LogP contribution in [0.2, 0.25) is 0 Å². The highest BCUT2D eigenvalue weighted by Crippen LogP contribution is 2.34. The lowest BCUT2D eigenvalue weighted by atomic mass is 10.2. The first-order valence-electron chi connectivity index (χ1n) is 11.3. The number of amides is 1. The minimum absolute atomic E-state index is 0.154. The van der Waals surface area contributed by atoms with Crippen molar-refractivity contribution in [3.63, 3.8) is 0 Å². The normalized spacial score (nSPS) is 11.1. The fourth-order valence-corrected chi connectivity index (χ4v) is 4.07. The van der Waals surface area contributed by atoms with Crippen LogP contribution >= 0.6 is 31.9 Å². The molecular weight excluding hydrogens is 592 g/mol. The Morgan fingerprint density at radius 2 is 1.69 bits per heavy atom. The van der Waals surface area contributed by atoms with Gasteiger partial charge in [-0.05, 0) is 83.9 Å². The maximum atomic E-state index is 12.6. The summed E-state index contributed by atoms with van der Waals surface area (Å²) in [5, 5.41) is 4.86. The topological polar surface area (TPSA) is 82.3 Å². The number of benzene rings is 3. The molecule has 0 radical (unpaired) electrons. The van der Waals surface area contributed by atoms with E-state index in [-0.39, 0.29) is 5.76 Å². The van der Waals surface area contributed by atoms with E-state index in [2.05, 4.69) is 42.4 Å². The van der Waals surface area contributed by atoms with Crippen LogP contribution in [0.25, 0.3) is 11.0 Å². The SMILES string of the molecule is CCOc1ccc2oc(C(=O)N/N=C/c3cc(OCC)c(OCc4ccc(Br)cc4)cc3Br)cc2c1. The Kier molecular flexibility index (Phi) is 8.66. The van der Waals surface area contributed by atoms with E-state index < -0.39 is 5.91 Å². The second-order valence-corrected chi connectivity index (χ2v) is 9.38. The fraction of sp³-hybridized carbons (Fsp3) is 0.185. The number of ether oxygens (including phenoxy) is 3. The summed E-state index contributed by atoms with van der Waals surface area (Å²) >= 11 is 6.98. The molecule has 186 valence electrons. The molecule has 0 aliphatic heterocycles. The zero-order chi connectivity index (χ0) is 25.5. The molecule has 0 aliphatic rings. The Bertz CT molecular complexity index is 1380. The molecule has 0 spiro atoms. The van der Waals surface area contributed by atoms with E-state index in [4.69, 9.17) is 18.6 Å². The van der Waals surface area contributed by atoms with Gasteiger partial charge in [-0.2, -0.15) is 5.10 Å². The summed E-state index contributed by atoms with van der Waals surface area (Å²) in [6.45, 7) is 5.24. The maximum Gasteiger partial charge on any atom is 0.307 e. The molecule has 3 aromatic carbocycles. The molecule has 4 rings (SSSR count). The van der Waals surface area contributed by atoms with Crippen LogP contribution in [0.1, 0.15) is 35.5 Å². The van der Waals surface area contributed by atoms with E-state index in [0.29, 0.717) is 42.5 Å². The van der Waals surface area contributed by atoms with E-state index >= 15 is 0 Å². The van der Waals surface area contributed by atoms with Crippen LogP contribution in [0, 0.1) is 0 Å². The molecule has 0 aliphatic carbocycles. The smallest absolute Gasteiger partial charge is 0.307 e. The monoisotopic (exact) mass is 614 g/mol. The standard InChI is InChI=1S/C27H24Br2N2O5/c1-3-33-21-9-10-23-18(11-21)12-26(36-23)27(32)31-30-15-19-13-24(34-4-2)25(14-22(19)29)35-16-17-5-7-20(28)8-6-17/h5-15H,3-4,16H2,1-2H3,(H,31,32)/b30-15+. The van der Waals surface area contributed by atoms with Crippen LogP contribution in [-0.4, -0.2) is 25.3 Å². The van der Waals surface area contributed by atoms with Gasteiger partial charge >= 0.3 is 5.91 Å². The maximum absolute atomic E-state index is 12.6. The zero-order valence-electron chi connectivity index (χ0n) is 19.7. The molecule has 1 heterocycles. The van der Waals surface area contributed by atoms with Crippen molar-refractivity contribution in [3.8, 4) is 17.2 Å². The molecule has 0 bridgehead atoms. The average molecular weight is 616 g/mol. The molecular formula is C27H24Br2N2O5. The molecule has 7 nitrogen and oxygen atoms in total. The van der Waals surface area contributed by atoms with Crippen LogP contribution < -0.4 is 19.6 Å². The third-order valence-electron chi connectivity index (χ3n) is 5.06. The van der Waals surface area contributed by atoms with Gasteiger partial charge in [0.2, 0.25) is 0 Å². The summed E-state index contributed by atoms with van der Waals surface area (Å²) in [5.74, 6) is 1.59. The summed E-state index contributed by atoms with van der Waals surface area (Å²) in [6, 6.07) is 18.6. The van der Waals surface area contributed by atoms with Gasteiger partial charge in [0.05, 0.1) is 19.4 Å². The van der Waals surface area contributed by atoms with Crippen molar-refractivity contribution in [1.82, 2.24) is 5.43 Å². The molecule has 1 N–H and O–H groups in total. The second-order valence-electron chi connectivity index (χ2n) is 7.61. The predicted molar refractivity (Wildman–Crippen MR) is 146 cm³/mol. The van der Waals surface area contributed by atoms with Crippen LogP contribution in [0.5, 0.6) is 17.2 Å². The molecule has 36 heavy (non-hydrogen) atoms. The molecule has 0 unspecified atom stereocenters. The number of nitrogens with one attached hydrogen (secondary N) is 1. The first-order chi connectivity index (χ1) is 17.5. The van der Waals surface area contributed by atoms with Gasteiger partial charge in [-0.15, -0.1) is 0 Å². The van der Waals surface area contributed by atoms with Crippen LogP contribution in [-0.2, 0) is 6.61 Å². The van der Waals surface area contributed by atoms with E-state index in [0.717, 1.165) is 25.6 Å². The van der Waals surface area contributed by atoms with Gasteiger partial charge in [0.15, 0.2) is 17.3 Å². The first-order valence-corrected chi connectivity index (χ1v) is 12.9. The molecule has 1 amide bonds. The Balaban J connectivity index is 1.45. The Hall–Kier alpha value is -3.30. The highest BCUT2D eigenvalue weighted by Gasteiger charge is 2.13. The largest absolute Gasteiger partial charge is 0.494 e. The quantitative estimate of drug-likeness (QED) is 0.152. The molecule has 0 saturated heterocycles. The number of carbonyl (C=O) groups excluding carboxylic acids is 1. The lowest BCUT2D eigenvalue weighted by Gasteiger charge is -2.14. The van der Waals surface area contributed by atoms with Crippen molar-refractivity contribution >= 4 is 55.0 Å². The van der Waals surface area contributed by atoms with Crippen LogP contribution in [0.15, 0.2) is 79.1 Å². The number of hydrazone groups is 1. The third-order valence-corrected chi connectivity index (χ3v) is 6.28. The van der Waals surface area contributed by atoms with Crippen molar-refractivity contribution in [3.05, 3.63) is 86.5 Å². The highest BCUT2D eigenvalue weighted by molar-refractivity contribution is 9.10. The van der Waals surface area contributed by atoms with Crippen molar-refractivity contribution in [1.29, 1.82) is 0 Å². The Morgan fingerprint density at radius 1 is 0.944 bits per heavy atom. The van der Waals surface area contributed by atoms with Gasteiger partial charge in [-0.25, -0.2) is 5.43 Å². The lowest BCUT2D eigenvalue weighted by Crippen LogP contribution is -2.16. The minimum Gasteiger partial charge on any atom is -0.494 e. The molecule has 9 heteroatoms. The summed E-state index contributed by atoms with van der Waals surface area (Å²) in [7, 11) is 0. The number of rotatable bonds is 10. The molecule has 0 fully saturated rings. The van der Waals surface area contributed by atoms with E-state index in [1.807, 2.05) is 50.2 Å².